The Hall–Kier alpha value is -2.42. The van der Waals surface area contributed by atoms with Gasteiger partial charge < -0.3 is 4.74 Å². The van der Waals surface area contributed by atoms with E-state index >= 15 is 0 Å². The summed E-state index contributed by atoms with van der Waals surface area (Å²) in [4.78, 5) is 14.7. The molecule has 1 aromatic carbocycles. The molecule has 0 atom stereocenters. The highest BCUT2D eigenvalue weighted by atomic mass is 19.4. The Morgan fingerprint density at radius 2 is 2.00 bits per heavy atom. The third-order valence-electron chi connectivity index (χ3n) is 4.01. The summed E-state index contributed by atoms with van der Waals surface area (Å²) in [5.74, 6) is 0.650. The molecule has 0 amide bonds. The highest BCUT2D eigenvalue weighted by Gasteiger charge is 2.34. The maximum Gasteiger partial charge on any atom is 0.416 e. The second kappa shape index (κ2) is 6.23. The Morgan fingerprint density at radius 1 is 1.29 bits per heavy atom. The molecule has 0 unspecified atom stereocenters. The van der Waals surface area contributed by atoms with Crippen molar-refractivity contribution in [3.63, 3.8) is 0 Å². The zero-order chi connectivity index (χ0) is 17.3. The molecule has 0 saturated carbocycles. The van der Waals surface area contributed by atoms with E-state index in [2.05, 4.69) is 4.98 Å². The number of imidazole rings is 1. The molecule has 0 bridgehead atoms. The first-order valence-corrected chi connectivity index (χ1v) is 7.35. The van der Waals surface area contributed by atoms with Gasteiger partial charge >= 0.3 is 6.18 Å². The van der Waals surface area contributed by atoms with Crippen LogP contribution in [0.3, 0.4) is 0 Å². The van der Waals surface area contributed by atoms with E-state index < -0.39 is 22.4 Å². The fourth-order valence-corrected chi connectivity index (χ4v) is 2.83. The molecule has 2 aromatic rings. The lowest BCUT2D eigenvalue weighted by Crippen LogP contribution is -2.18. The van der Waals surface area contributed by atoms with Gasteiger partial charge in [0, 0.05) is 37.6 Å². The van der Waals surface area contributed by atoms with Crippen molar-refractivity contribution in [2.75, 3.05) is 13.2 Å². The number of nitro groups is 1. The molecule has 1 aromatic heterocycles. The SMILES string of the molecule is O=[N+]([O-])c1cc(C(F)(F)F)ccc1-n1ccnc1C1CCOCC1. The van der Waals surface area contributed by atoms with Crippen LogP contribution in [-0.4, -0.2) is 27.7 Å². The molecule has 1 saturated heterocycles. The fourth-order valence-electron chi connectivity index (χ4n) is 2.83. The molecule has 0 spiro atoms. The zero-order valence-corrected chi connectivity index (χ0v) is 12.5. The first-order valence-electron chi connectivity index (χ1n) is 7.35. The standard InChI is InChI=1S/C15H14F3N3O3/c16-15(17,18)11-1-2-12(13(9-11)21(22)23)20-6-5-19-14(20)10-3-7-24-8-4-10/h1-2,5-6,9-10H,3-4,7-8H2. The van der Waals surface area contributed by atoms with Crippen molar-refractivity contribution in [2.24, 2.45) is 0 Å². The molecule has 0 aliphatic carbocycles. The molecular weight excluding hydrogens is 327 g/mol. The maximum absolute atomic E-state index is 12.8. The largest absolute Gasteiger partial charge is 0.416 e. The smallest absolute Gasteiger partial charge is 0.381 e. The molecule has 128 valence electrons. The van der Waals surface area contributed by atoms with E-state index in [4.69, 9.17) is 4.74 Å². The molecule has 2 heterocycles. The number of halogens is 3. The summed E-state index contributed by atoms with van der Waals surface area (Å²) in [6, 6.07) is 2.52. The Morgan fingerprint density at radius 3 is 2.62 bits per heavy atom. The van der Waals surface area contributed by atoms with E-state index in [1.807, 2.05) is 0 Å². The quantitative estimate of drug-likeness (QED) is 0.630. The van der Waals surface area contributed by atoms with Crippen LogP contribution in [0.25, 0.3) is 5.69 Å². The maximum atomic E-state index is 12.8. The van der Waals surface area contributed by atoms with Gasteiger partial charge in [-0.15, -0.1) is 0 Å². The van der Waals surface area contributed by atoms with Gasteiger partial charge in [-0.25, -0.2) is 4.98 Å². The summed E-state index contributed by atoms with van der Waals surface area (Å²) in [5.41, 5.74) is -1.58. The molecule has 0 radical (unpaired) electrons. The molecule has 0 N–H and O–H groups in total. The number of nitrogens with zero attached hydrogens (tertiary/aromatic N) is 3. The van der Waals surface area contributed by atoms with E-state index in [1.54, 1.807) is 0 Å². The number of hydrogen-bond acceptors (Lipinski definition) is 4. The Bertz CT molecular complexity index is 752. The summed E-state index contributed by atoms with van der Waals surface area (Å²) < 4.78 is 45.2. The molecule has 1 fully saturated rings. The van der Waals surface area contributed by atoms with Crippen LogP contribution in [0, 0.1) is 10.1 Å². The Labute approximate surface area is 135 Å². The average molecular weight is 341 g/mol. The van der Waals surface area contributed by atoms with Crippen molar-refractivity contribution in [1.29, 1.82) is 0 Å². The Balaban J connectivity index is 2.07. The lowest BCUT2D eigenvalue weighted by atomic mass is 9.99. The van der Waals surface area contributed by atoms with Gasteiger partial charge in [-0.1, -0.05) is 0 Å². The lowest BCUT2D eigenvalue weighted by molar-refractivity contribution is -0.384. The predicted molar refractivity (Wildman–Crippen MR) is 78.0 cm³/mol. The van der Waals surface area contributed by atoms with Crippen LogP contribution >= 0.6 is 0 Å². The van der Waals surface area contributed by atoms with Crippen LogP contribution in [0.1, 0.15) is 30.1 Å². The highest BCUT2D eigenvalue weighted by Crippen LogP contribution is 2.36. The van der Waals surface area contributed by atoms with E-state index in [1.165, 1.54) is 17.0 Å². The van der Waals surface area contributed by atoms with Crippen LogP contribution in [0.2, 0.25) is 0 Å². The molecule has 6 nitrogen and oxygen atoms in total. The van der Waals surface area contributed by atoms with Gasteiger partial charge in [0.05, 0.1) is 10.5 Å². The van der Waals surface area contributed by atoms with Crippen LogP contribution < -0.4 is 0 Å². The van der Waals surface area contributed by atoms with Crippen LogP contribution in [0.5, 0.6) is 0 Å². The highest BCUT2D eigenvalue weighted by molar-refractivity contribution is 5.55. The van der Waals surface area contributed by atoms with Crippen molar-refractivity contribution in [3.05, 3.63) is 52.1 Å². The van der Waals surface area contributed by atoms with E-state index in [-0.39, 0.29) is 11.6 Å². The number of aromatic nitrogens is 2. The third kappa shape index (κ3) is 3.12. The summed E-state index contributed by atoms with van der Waals surface area (Å²) in [5, 5.41) is 11.3. The van der Waals surface area contributed by atoms with Crippen molar-refractivity contribution in [1.82, 2.24) is 9.55 Å². The minimum absolute atomic E-state index is 0.0515. The van der Waals surface area contributed by atoms with Gasteiger partial charge in [-0.05, 0) is 25.0 Å². The second-order valence-electron chi connectivity index (χ2n) is 5.50. The topological polar surface area (TPSA) is 70.2 Å². The number of rotatable bonds is 3. The molecule has 3 rings (SSSR count). The van der Waals surface area contributed by atoms with E-state index in [0.717, 1.165) is 12.1 Å². The number of nitro benzene ring substituents is 1. The predicted octanol–water partition coefficient (Wildman–Crippen LogP) is 3.69. The van der Waals surface area contributed by atoms with Crippen molar-refractivity contribution >= 4 is 5.69 Å². The minimum atomic E-state index is -4.64. The normalized spacial score (nSPS) is 16.3. The number of benzene rings is 1. The van der Waals surface area contributed by atoms with Crippen molar-refractivity contribution in [2.45, 2.75) is 24.9 Å². The monoisotopic (exact) mass is 341 g/mol. The van der Waals surface area contributed by atoms with Gasteiger partial charge in [0.1, 0.15) is 11.5 Å². The summed E-state index contributed by atoms with van der Waals surface area (Å²) in [6.45, 7) is 1.12. The summed E-state index contributed by atoms with van der Waals surface area (Å²) in [6.07, 6.45) is -0.189. The first-order chi connectivity index (χ1) is 11.4. The minimum Gasteiger partial charge on any atom is -0.381 e. The summed E-state index contributed by atoms with van der Waals surface area (Å²) in [7, 11) is 0. The average Bonchev–Trinajstić information content (AvgIpc) is 3.03. The lowest BCUT2D eigenvalue weighted by Gasteiger charge is -2.22. The van der Waals surface area contributed by atoms with Crippen molar-refractivity contribution in [3.8, 4) is 5.69 Å². The number of hydrogen-bond donors (Lipinski definition) is 0. The van der Waals surface area contributed by atoms with Crippen LogP contribution in [0.4, 0.5) is 18.9 Å². The molecule has 24 heavy (non-hydrogen) atoms. The van der Waals surface area contributed by atoms with Crippen LogP contribution in [0.15, 0.2) is 30.6 Å². The zero-order valence-electron chi connectivity index (χ0n) is 12.5. The van der Waals surface area contributed by atoms with Gasteiger partial charge in [-0.2, -0.15) is 13.2 Å². The van der Waals surface area contributed by atoms with E-state index in [9.17, 15) is 23.3 Å². The van der Waals surface area contributed by atoms with Crippen LogP contribution in [-0.2, 0) is 10.9 Å². The molecule has 1 aliphatic heterocycles. The van der Waals surface area contributed by atoms with Gasteiger partial charge in [0.2, 0.25) is 0 Å². The van der Waals surface area contributed by atoms with Crippen molar-refractivity contribution < 1.29 is 22.8 Å². The Kier molecular flexibility index (Phi) is 4.27. The van der Waals surface area contributed by atoms with Gasteiger partial charge in [-0.3, -0.25) is 14.7 Å². The number of alkyl halides is 3. The fraction of sp³-hybridized carbons (Fsp3) is 0.400. The van der Waals surface area contributed by atoms with E-state index in [0.29, 0.717) is 37.9 Å². The third-order valence-corrected chi connectivity index (χ3v) is 4.01. The second-order valence-corrected chi connectivity index (χ2v) is 5.50. The molecular formula is C15H14F3N3O3. The summed E-state index contributed by atoms with van der Waals surface area (Å²) >= 11 is 0. The van der Waals surface area contributed by atoms with Gasteiger partial charge in [0.15, 0.2) is 0 Å². The number of ether oxygens (including phenoxy) is 1. The van der Waals surface area contributed by atoms with Gasteiger partial charge in [0.25, 0.3) is 5.69 Å². The first kappa shape index (κ1) is 16.4. The molecule has 1 aliphatic rings. The molecule has 9 heteroatoms.